The van der Waals surface area contributed by atoms with Crippen LogP contribution in [0.3, 0.4) is 0 Å². The molecule has 0 heterocycles. The van der Waals surface area contributed by atoms with E-state index in [2.05, 4.69) is 95.2 Å². The summed E-state index contributed by atoms with van der Waals surface area (Å²) in [6.45, 7) is 0. The zero-order valence-electron chi connectivity index (χ0n) is 15.1. The molecule has 0 aliphatic heterocycles. The second kappa shape index (κ2) is 9.63. The number of hydrogen-bond donors (Lipinski definition) is 0. The molecule has 0 unspecified atom stereocenters. The Balaban J connectivity index is 1.37. The molecule has 4 aromatic rings. The van der Waals surface area contributed by atoms with Crippen LogP contribution in [0.1, 0.15) is 0 Å². The molecular weight excluding hydrogens is 474 g/mol. The van der Waals surface area contributed by atoms with Crippen LogP contribution in [0.5, 0.6) is 0 Å². The van der Waals surface area contributed by atoms with Gasteiger partial charge in [-0.25, -0.2) is 0 Å². The van der Waals surface area contributed by atoms with Crippen molar-refractivity contribution in [3.63, 3.8) is 0 Å². The van der Waals surface area contributed by atoms with Crippen molar-refractivity contribution in [3.05, 3.63) is 109 Å². The van der Waals surface area contributed by atoms with Gasteiger partial charge in [-0.05, 0) is 0 Å². The SMILES string of the molecule is c1ccc([Se]c2ccc(N=Nc3ccc([Se]c4ccccc4)cc3)cc2)cc1. The molecule has 4 heteroatoms. The molecule has 0 aliphatic rings. The number of hydrogen-bond acceptors (Lipinski definition) is 2. The predicted molar refractivity (Wildman–Crippen MR) is 120 cm³/mol. The summed E-state index contributed by atoms with van der Waals surface area (Å²) < 4.78 is 5.43. The van der Waals surface area contributed by atoms with E-state index in [1.54, 1.807) is 0 Å². The van der Waals surface area contributed by atoms with Gasteiger partial charge in [0.2, 0.25) is 0 Å². The fraction of sp³-hybridized carbons (Fsp3) is 0. The first-order valence-electron chi connectivity index (χ1n) is 8.93. The van der Waals surface area contributed by atoms with Crippen LogP contribution < -0.4 is 17.8 Å². The van der Waals surface area contributed by atoms with E-state index in [0.717, 1.165) is 11.4 Å². The fourth-order valence-corrected chi connectivity index (χ4v) is 6.04. The number of azo groups is 1. The second-order valence-electron chi connectivity index (χ2n) is 6.02. The predicted octanol–water partition coefficient (Wildman–Crippen LogP) is 3.41. The average molecular weight is 492 g/mol. The van der Waals surface area contributed by atoms with Gasteiger partial charge in [0.15, 0.2) is 0 Å². The van der Waals surface area contributed by atoms with Gasteiger partial charge in [0.25, 0.3) is 0 Å². The van der Waals surface area contributed by atoms with E-state index in [1.807, 2.05) is 24.3 Å². The van der Waals surface area contributed by atoms with Crippen LogP contribution >= 0.6 is 0 Å². The third-order valence-electron chi connectivity index (χ3n) is 3.91. The molecule has 136 valence electrons. The van der Waals surface area contributed by atoms with Crippen molar-refractivity contribution in [1.82, 2.24) is 0 Å². The number of nitrogens with zero attached hydrogens (tertiary/aromatic N) is 2. The molecule has 0 amide bonds. The quantitative estimate of drug-likeness (QED) is 0.291. The molecule has 0 N–H and O–H groups in total. The van der Waals surface area contributed by atoms with Gasteiger partial charge in [-0.2, -0.15) is 0 Å². The van der Waals surface area contributed by atoms with Crippen LogP contribution in [0.25, 0.3) is 0 Å². The standard InChI is InChI=1S/C24H18N2Se2/c1-3-7-21(8-4-1)27-23-15-11-19(12-16-23)25-26-20-13-17-24(18-14-20)28-22-9-5-2-6-10-22/h1-18H. The minimum absolute atomic E-state index is 0.327. The fourth-order valence-electron chi connectivity index (χ4n) is 2.53. The van der Waals surface area contributed by atoms with Gasteiger partial charge in [-0.15, -0.1) is 0 Å². The Morgan fingerprint density at radius 2 is 0.679 bits per heavy atom. The third-order valence-corrected chi connectivity index (χ3v) is 8.17. The Kier molecular flexibility index (Phi) is 6.49. The van der Waals surface area contributed by atoms with Crippen molar-refractivity contribution in [2.45, 2.75) is 0 Å². The zero-order chi connectivity index (χ0) is 19.0. The summed E-state index contributed by atoms with van der Waals surface area (Å²) in [5.74, 6) is 0. The summed E-state index contributed by atoms with van der Waals surface area (Å²) in [6, 6.07) is 37.9. The van der Waals surface area contributed by atoms with E-state index in [0.29, 0.717) is 29.9 Å². The molecule has 28 heavy (non-hydrogen) atoms. The maximum absolute atomic E-state index is 4.38. The molecule has 0 aliphatic carbocycles. The van der Waals surface area contributed by atoms with Gasteiger partial charge in [-0.3, -0.25) is 0 Å². The topological polar surface area (TPSA) is 24.7 Å². The first kappa shape index (κ1) is 18.9. The average Bonchev–Trinajstić information content (AvgIpc) is 2.76. The summed E-state index contributed by atoms with van der Waals surface area (Å²) in [5, 5.41) is 8.75. The summed E-state index contributed by atoms with van der Waals surface area (Å²) >= 11 is 0.653. The van der Waals surface area contributed by atoms with Gasteiger partial charge >= 0.3 is 179 Å². The summed E-state index contributed by atoms with van der Waals surface area (Å²) in [6.07, 6.45) is 0. The molecule has 0 bridgehead atoms. The van der Waals surface area contributed by atoms with E-state index in [4.69, 9.17) is 0 Å². The molecule has 0 radical (unpaired) electrons. The zero-order valence-corrected chi connectivity index (χ0v) is 18.5. The minimum atomic E-state index is 0.327. The summed E-state index contributed by atoms with van der Waals surface area (Å²) in [7, 11) is 0. The van der Waals surface area contributed by atoms with Crippen LogP contribution in [0.4, 0.5) is 11.4 Å². The molecular formula is C24H18N2Se2. The van der Waals surface area contributed by atoms with E-state index < -0.39 is 0 Å². The summed E-state index contributed by atoms with van der Waals surface area (Å²) in [5.41, 5.74) is 1.76. The Hall–Kier alpha value is -2.48. The van der Waals surface area contributed by atoms with Crippen LogP contribution in [0.15, 0.2) is 119 Å². The van der Waals surface area contributed by atoms with Gasteiger partial charge in [0, 0.05) is 0 Å². The molecule has 4 rings (SSSR count). The summed E-state index contributed by atoms with van der Waals surface area (Å²) in [4.78, 5) is 0. The van der Waals surface area contributed by atoms with E-state index >= 15 is 0 Å². The molecule has 2 nitrogen and oxygen atoms in total. The molecule has 4 aromatic carbocycles. The molecule has 0 aromatic heterocycles. The van der Waals surface area contributed by atoms with Crippen LogP contribution in [-0.2, 0) is 0 Å². The van der Waals surface area contributed by atoms with Crippen molar-refractivity contribution in [3.8, 4) is 0 Å². The number of benzene rings is 4. The Bertz CT molecular complexity index is 942. The molecule has 0 spiro atoms. The van der Waals surface area contributed by atoms with Gasteiger partial charge in [0.05, 0.1) is 0 Å². The van der Waals surface area contributed by atoms with Crippen molar-refractivity contribution >= 4 is 59.1 Å². The van der Waals surface area contributed by atoms with E-state index in [9.17, 15) is 0 Å². The van der Waals surface area contributed by atoms with Gasteiger partial charge in [0.1, 0.15) is 0 Å². The van der Waals surface area contributed by atoms with Crippen LogP contribution in [0.2, 0.25) is 0 Å². The monoisotopic (exact) mass is 494 g/mol. The van der Waals surface area contributed by atoms with Gasteiger partial charge < -0.3 is 0 Å². The van der Waals surface area contributed by atoms with E-state index in [-0.39, 0.29) is 0 Å². The molecule has 0 saturated carbocycles. The van der Waals surface area contributed by atoms with Gasteiger partial charge in [-0.1, -0.05) is 0 Å². The first-order chi connectivity index (χ1) is 13.8. The molecule has 0 saturated heterocycles. The third kappa shape index (κ3) is 5.51. The molecule has 0 fully saturated rings. The Morgan fingerprint density at radius 3 is 1.04 bits per heavy atom. The Morgan fingerprint density at radius 1 is 0.357 bits per heavy atom. The van der Waals surface area contributed by atoms with Crippen molar-refractivity contribution in [2.24, 2.45) is 10.2 Å². The van der Waals surface area contributed by atoms with Crippen LogP contribution in [-0.4, -0.2) is 29.9 Å². The van der Waals surface area contributed by atoms with Crippen LogP contribution in [0, 0.1) is 0 Å². The second-order valence-corrected chi connectivity index (χ2v) is 10.8. The maximum atomic E-state index is 4.38. The van der Waals surface area contributed by atoms with E-state index in [1.165, 1.54) is 17.8 Å². The molecule has 0 atom stereocenters. The Labute approximate surface area is 178 Å². The normalized spacial score (nSPS) is 11.0. The first-order valence-corrected chi connectivity index (χ1v) is 12.4. The van der Waals surface area contributed by atoms with Crippen molar-refractivity contribution in [2.75, 3.05) is 0 Å². The van der Waals surface area contributed by atoms with Crippen molar-refractivity contribution < 1.29 is 0 Å². The number of rotatable bonds is 6. The van der Waals surface area contributed by atoms with Crippen molar-refractivity contribution in [1.29, 1.82) is 0 Å².